The number of ether oxygens (including phenoxy) is 2. The second-order valence-corrected chi connectivity index (χ2v) is 4.19. The van der Waals surface area contributed by atoms with E-state index in [0.29, 0.717) is 0 Å². The first-order valence-electron chi connectivity index (χ1n) is 6.05. The molecule has 0 amide bonds. The molecule has 0 aliphatic heterocycles. The molecule has 112 valence electrons. The van der Waals surface area contributed by atoms with Gasteiger partial charge in [0.1, 0.15) is 11.9 Å². The smallest absolute Gasteiger partial charge is 0.319 e. The quantitative estimate of drug-likeness (QED) is 0.724. The molecule has 0 heterocycles. The monoisotopic (exact) mass is 294 g/mol. The van der Waals surface area contributed by atoms with E-state index in [1.807, 2.05) is 0 Å². The van der Waals surface area contributed by atoms with Crippen LogP contribution in [0.4, 0.5) is 4.39 Å². The van der Waals surface area contributed by atoms with Crippen molar-refractivity contribution >= 4 is 11.9 Å². The number of methoxy groups -OCH3 is 2. The Morgan fingerprint density at radius 1 is 1.24 bits per heavy atom. The normalized spacial score (nSPS) is 10.0. The second-order valence-electron chi connectivity index (χ2n) is 4.19. The van der Waals surface area contributed by atoms with Gasteiger partial charge >= 0.3 is 11.9 Å². The van der Waals surface area contributed by atoms with Crippen LogP contribution in [-0.4, -0.2) is 44.1 Å². The summed E-state index contributed by atoms with van der Waals surface area (Å²) in [5.74, 6) is -1.79. The Bertz CT molecular complexity index is 551. The number of rotatable bonds is 6. The van der Waals surface area contributed by atoms with Crippen molar-refractivity contribution in [3.05, 3.63) is 35.1 Å². The van der Waals surface area contributed by atoms with Crippen LogP contribution >= 0.6 is 0 Å². The maximum Gasteiger partial charge on any atom is 0.319 e. The molecule has 0 unspecified atom stereocenters. The van der Waals surface area contributed by atoms with Crippen LogP contribution in [0.5, 0.6) is 0 Å². The summed E-state index contributed by atoms with van der Waals surface area (Å²) >= 11 is 0. The molecule has 0 aliphatic rings. The molecule has 0 radical (unpaired) electrons. The Morgan fingerprint density at radius 3 is 2.29 bits per heavy atom. The number of benzene rings is 1. The molecule has 21 heavy (non-hydrogen) atoms. The lowest BCUT2D eigenvalue weighted by Crippen LogP contribution is -2.35. The van der Waals surface area contributed by atoms with Crippen molar-refractivity contribution in [1.29, 1.82) is 5.26 Å². The molecule has 0 bridgehead atoms. The second kappa shape index (κ2) is 7.97. The topological polar surface area (TPSA) is 79.6 Å². The van der Waals surface area contributed by atoms with E-state index in [-0.39, 0.29) is 30.8 Å². The van der Waals surface area contributed by atoms with E-state index in [9.17, 15) is 14.0 Å². The summed E-state index contributed by atoms with van der Waals surface area (Å²) in [6, 6.07) is 6.10. The molecule has 1 aromatic rings. The van der Waals surface area contributed by atoms with Crippen LogP contribution in [0.15, 0.2) is 18.2 Å². The van der Waals surface area contributed by atoms with E-state index in [4.69, 9.17) is 5.26 Å². The van der Waals surface area contributed by atoms with Gasteiger partial charge in [-0.25, -0.2) is 4.39 Å². The minimum absolute atomic E-state index is 0.0223. The Hall–Kier alpha value is -2.46. The number of nitrogens with zero attached hydrogens (tertiary/aromatic N) is 2. The van der Waals surface area contributed by atoms with Crippen molar-refractivity contribution < 1.29 is 23.5 Å². The van der Waals surface area contributed by atoms with E-state index in [1.54, 1.807) is 6.07 Å². The minimum Gasteiger partial charge on any atom is -0.468 e. The average molecular weight is 294 g/mol. The van der Waals surface area contributed by atoms with Gasteiger partial charge in [0, 0.05) is 12.1 Å². The lowest BCUT2D eigenvalue weighted by Gasteiger charge is -2.20. The fourth-order valence-electron chi connectivity index (χ4n) is 1.69. The maximum atomic E-state index is 14.0. The summed E-state index contributed by atoms with van der Waals surface area (Å²) in [6.45, 7) is -0.408. The van der Waals surface area contributed by atoms with Gasteiger partial charge in [-0.05, 0) is 6.07 Å². The maximum absolute atomic E-state index is 14.0. The Morgan fingerprint density at radius 2 is 1.81 bits per heavy atom. The molecule has 0 saturated heterocycles. The molecular weight excluding hydrogens is 279 g/mol. The highest BCUT2D eigenvalue weighted by atomic mass is 19.1. The lowest BCUT2D eigenvalue weighted by molar-refractivity contribution is -0.145. The molecule has 0 N–H and O–H groups in total. The lowest BCUT2D eigenvalue weighted by atomic mass is 10.1. The van der Waals surface area contributed by atoms with Crippen LogP contribution in [0.1, 0.15) is 11.1 Å². The van der Waals surface area contributed by atoms with Gasteiger partial charge in [0.25, 0.3) is 0 Å². The zero-order valence-electron chi connectivity index (χ0n) is 11.8. The molecule has 0 atom stereocenters. The molecule has 1 rings (SSSR count). The average Bonchev–Trinajstić information content (AvgIpc) is 2.48. The molecule has 1 aromatic carbocycles. The Labute approximate surface area is 121 Å². The van der Waals surface area contributed by atoms with Gasteiger partial charge in [0.15, 0.2) is 0 Å². The molecular formula is C14H15FN2O4. The molecule has 0 saturated carbocycles. The standard InChI is InChI=1S/C14H15FN2O4/c1-20-12(18)8-17(9-13(19)21-2)7-11-5-3-4-10(6-16)14(11)15/h3-5H,7-9H2,1-2H3. The van der Waals surface area contributed by atoms with Crippen LogP contribution in [0.25, 0.3) is 0 Å². The van der Waals surface area contributed by atoms with Gasteiger partial charge in [-0.3, -0.25) is 14.5 Å². The van der Waals surface area contributed by atoms with Crippen LogP contribution in [0, 0.1) is 17.1 Å². The van der Waals surface area contributed by atoms with Gasteiger partial charge in [0.2, 0.25) is 0 Å². The third-order valence-corrected chi connectivity index (χ3v) is 2.75. The predicted octanol–water partition coefficient (Wildman–Crippen LogP) is 0.845. The SMILES string of the molecule is COC(=O)CN(CC(=O)OC)Cc1cccc(C#N)c1F. The van der Waals surface area contributed by atoms with Gasteiger partial charge in [0.05, 0.1) is 32.9 Å². The number of hydrogen-bond donors (Lipinski definition) is 0. The van der Waals surface area contributed by atoms with Gasteiger partial charge in [-0.15, -0.1) is 0 Å². The van der Waals surface area contributed by atoms with Crippen molar-refractivity contribution in [2.75, 3.05) is 27.3 Å². The van der Waals surface area contributed by atoms with E-state index < -0.39 is 17.8 Å². The van der Waals surface area contributed by atoms with Crippen LogP contribution in [0.2, 0.25) is 0 Å². The molecule has 7 heteroatoms. The van der Waals surface area contributed by atoms with Gasteiger partial charge in [-0.1, -0.05) is 12.1 Å². The van der Waals surface area contributed by atoms with E-state index in [1.165, 1.54) is 37.3 Å². The first kappa shape index (κ1) is 16.6. The zero-order valence-corrected chi connectivity index (χ0v) is 11.8. The first-order chi connectivity index (χ1) is 10.0. The van der Waals surface area contributed by atoms with Gasteiger partial charge < -0.3 is 9.47 Å². The molecule has 0 fully saturated rings. The summed E-state index contributed by atoms with van der Waals surface area (Å²) in [4.78, 5) is 24.0. The molecule has 0 spiro atoms. The highest BCUT2D eigenvalue weighted by Crippen LogP contribution is 2.14. The fraction of sp³-hybridized carbons (Fsp3) is 0.357. The number of halogens is 1. The highest BCUT2D eigenvalue weighted by Gasteiger charge is 2.18. The van der Waals surface area contributed by atoms with Crippen molar-refractivity contribution in [3.63, 3.8) is 0 Å². The summed E-state index contributed by atoms with van der Waals surface area (Å²) in [5.41, 5.74) is 0.116. The van der Waals surface area contributed by atoms with Crippen LogP contribution < -0.4 is 0 Å². The van der Waals surface area contributed by atoms with Gasteiger partial charge in [-0.2, -0.15) is 5.26 Å². The number of carbonyl (C=O) groups is 2. The predicted molar refractivity (Wildman–Crippen MR) is 70.4 cm³/mol. The summed E-state index contributed by atoms with van der Waals surface area (Å²) < 4.78 is 23.1. The zero-order chi connectivity index (χ0) is 15.8. The Kier molecular flexibility index (Phi) is 6.30. The molecule has 6 nitrogen and oxygen atoms in total. The number of carbonyl (C=O) groups excluding carboxylic acids is 2. The fourth-order valence-corrected chi connectivity index (χ4v) is 1.69. The largest absolute Gasteiger partial charge is 0.468 e. The summed E-state index contributed by atoms with van der Waals surface area (Å²) in [7, 11) is 2.44. The van der Waals surface area contributed by atoms with Crippen LogP contribution in [-0.2, 0) is 25.6 Å². The van der Waals surface area contributed by atoms with Crippen molar-refractivity contribution in [3.8, 4) is 6.07 Å². The van der Waals surface area contributed by atoms with E-state index in [2.05, 4.69) is 9.47 Å². The first-order valence-corrected chi connectivity index (χ1v) is 6.05. The summed E-state index contributed by atoms with van der Waals surface area (Å²) in [5, 5.41) is 8.79. The molecule has 0 aliphatic carbocycles. The Balaban J connectivity index is 2.92. The number of esters is 2. The number of nitriles is 1. The van der Waals surface area contributed by atoms with E-state index >= 15 is 0 Å². The summed E-state index contributed by atoms with van der Waals surface area (Å²) in [6.07, 6.45) is 0. The van der Waals surface area contributed by atoms with Crippen molar-refractivity contribution in [2.24, 2.45) is 0 Å². The third-order valence-electron chi connectivity index (χ3n) is 2.75. The van der Waals surface area contributed by atoms with Crippen molar-refractivity contribution in [2.45, 2.75) is 6.54 Å². The molecule has 0 aromatic heterocycles. The van der Waals surface area contributed by atoms with Crippen molar-refractivity contribution in [1.82, 2.24) is 4.90 Å². The number of hydrogen-bond acceptors (Lipinski definition) is 6. The van der Waals surface area contributed by atoms with E-state index in [0.717, 1.165) is 0 Å². The highest BCUT2D eigenvalue weighted by molar-refractivity contribution is 5.74. The minimum atomic E-state index is -0.667. The van der Waals surface area contributed by atoms with Crippen LogP contribution in [0.3, 0.4) is 0 Å². The third kappa shape index (κ3) is 4.85.